The predicted molar refractivity (Wildman–Crippen MR) is 184 cm³/mol. The standard InChI is InChI=1S/C41H38N2O/c1-40(2,3)26-19-22-29(23-20-26)42-32-24-21-27(41(4,5)6)25-31(32)36-37-33(42)16-12-17-34(37)43(28-13-8-7-9-14-28)38-30-15-10-11-18-35(30)44-39(36)38/h7-25,36H,1-6H3. The van der Waals surface area contributed by atoms with Crippen LogP contribution in [0.15, 0.2) is 120 Å². The van der Waals surface area contributed by atoms with Crippen LogP contribution in [0.25, 0.3) is 11.0 Å². The smallest absolute Gasteiger partial charge is 0.141 e. The van der Waals surface area contributed by atoms with E-state index >= 15 is 0 Å². The highest BCUT2D eigenvalue weighted by Crippen LogP contribution is 2.62. The monoisotopic (exact) mass is 574 g/mol. The molecule has 3 heteroatoms. The van der Waals surface area contributed by atoms with Crippen molar-refractivity contribution in [2.24, 2.45) is 0 Å². The van der Waals surface area contributed by atoms with Gasteiger partial charge in [0.05, 0.1) is 28.7 Å². The van der Waals surface area contributed by atoms with E-state index in [2.05, 4.69) is 167 Å². The van der Waals surface area contributed by atoms with Crippen LogP contribution in [0.2, 0.25) is 0 Å². The van der Waals surface area contributed by atoms with Crippen LogP contribution < -0.4 is 9.80 Å². The Morgan fingerprint density at radius 2 is 1.16 bits per heavy atom. The summed E-state index contributed by atoms with van der Waals surface area (Å²) < 4.78 is 6.91. The van der Waals surface area contributed by atoms with Gasteiger partial charge in [0, 0.05) is 22.3 Å². The van der Waals surface area contributed by atoms with Crippen LogP contribution in [0, 0.1) is 0 Å². The summed E-state index contributed by atoms with van der Waals surface area (Å²) in [7, 11) is 0. The van der Waals surface area contributed by atoms with Gasteiger partial charge in [0.15, 0.2) is 0 Å². The predicted octanol–water partition coefficient (Wildman–Crippen LogP) is 11.8. The molecule has 1 atom stereocenters. The second-order valence-electron chi connectivity index (χ2n) is 14.3. The summed E-state index contributed by atoms with van der Waals surface area (Å²) >= 11 is 0. The van der Waals surface area contributed by atoms with Crippen molar-refractivity contribution in [3.05, 3.63) is 143 Å². The lowest BCUT2D eigenvalue weighted by Crippen LogP contribution is -2.29. The summed E-state index contributed by atoms with van der Waals surface area (Å²) in [6.45, 7) is 13.7. The third kappa shape index (κ3) is 3.95. The van der Waals surface area contributed by atoms with Gasteiger partial charge >= 0.3 is 0 Å². The zero-order valence-corrected chi connectivity index (χ0v) is 26.3. The molecule has 0 saturated heterocycles. The van der Waals surface area contributed by atoms with Crippen LogP contribution in [0.1, 0.15) is 75.5 Å². The number of furan rings is 1. The summed E-state index contributed by atoms with van der Waals surface area (Å²) in [6.07, 6.45) is 0. The van der Waals surface area contributed by atoms with E-state index in [0.29, 0.717) is 0 Å². The second-order valence-corrected chi connectivity index (χ2v) is 14.3. The Bertz CT molecular complexity index is 2040. The lowest BCUT2D eigenvalue weighted by atomic mass is 9.76. The van der Waals surface area contributed by atoms with E-state index in [1.807, 2.05) is 0 Å². The molecule has 2 aliphatic rings. The van der Waals surface area contributed by atoms with Gasteiger partial charge in [0.1, 0.15) is 11.3 Å². The number of benzene rings is 5. The average molecular weight is 575 g/mol. The van der Waals surface area contributed by atoms with Gasteiger partial charge in [0.25, 0.3) is 0 Å². The fraction of sp³-hybridized carbons (Fsp3) is 0.220. The van der Waals surface area contributed by atoms with Crippen LogP contribution in [0.3, 0.4) is 0 Å². The molecular weight excluding hydrogens is 536 g/mol. The molecule has 1 unspecified atom stereocenters. The van der Waals surface area contributed by atoms with Gasteiger partial charge < -0.3 is 14.2 Å². The molecule has 6 aromatic rings. The number of anilines is 6. The van der Waals surface area contributed by atoms with Crippen LogP contribution in [0.4, 0.5) is 34.1 Å². The topological polar surface area (TPSA) is 19.6 Å². The van der Waals surface area contributed by atoms with E-state index in [9.17, 15) is 0 Å². The summed E-state index contributed by atoms with van der Waals surface area (Å²) in [5, 5.41) is 1.14. The number of rotatable bonds is 2. The number of fused-ring (bicyclic) bond motifs is 6. The lowest BCUT2D eigenvalue weighted by molar-refractivity contribution is 0.536. The first-order chi connectivity index (χ1) is 21.1. The van der Waals surface area contributed by atoms with Gasteiger partial charge in [-0.1, -0.05) is 102 Å². The van der Waals surface area contributed by atoms with Crippen molar-refractivity contribution in [3.63, 3.8) is 0 Å². The molecule has 0 aliphatic carbocycles. The van der Waals surface area contributed by atoms with Crippen LogP contribution >= 0.6 is 0 Å². The molecule has 1 aromatic heterocycles. The van der Waals surface area contributed by atoms with Gasteiger partial charge in [-0.25, -0.2) is 0 Å². The van der Waals surface area contributed by atoms with Crippen LogP contribution in [-0.4, -0.2) is 0 Å². The summed E-state index contributed by atoms with van der Waals surface area (Å²) in [4.78, 5) is 4.87. The van der Waals surface area contributed by atoms with E-state index in [-0.39, 0.29) is 16.7 Å². The summed E-state index contributed by atoms with van der Waals surface area (Å²) in [6, 6.07) is 42.2. The maximum Gasteiger partial charge on any atom is 0.141 e. The van der Waals surface area contributed by atoms with Crippen molar-refractivity contribution in [2.75, 3.05) is 9.80 Å². The Morgan fingerprint density at radius 1 is 0.545 bits per heavy atom. The zero-order chi connectivity index (χ0) is 30.4. The Labute approximate surface area is 260 Å². The molecule has 5 aromatic carbocycles. The first kappa shape index (κ1) is 26.8. The van der Waals surface area contributed by atoms with Gasteiger partial charge in [-0.15, -0.1) is 0 Å². The minimum absolute atomic E-state index is 0.00938. The molecule has 3 nitrogen and oxygen atoms in total. The van der Waals surface area contributed by atoms with Crippen molar-refractivity contribution in [1.29, 1.82) is 0 Å². The second kappa shape index (κ2) is 9.37. The van der Waals surface area contributed by atoms with Crippen molar-refractivity contribution < 1.29 is 4.42 Å². The fourth-order valence-corrected chi connectivity index (χ4v) is 7.07. The van der Waals surface area contributed by atoms with Crippen molar-refractivity contribution in [2.45, 2.75) is 58.3 Å². The number of para-hydroxylation sites is 2. The molecule has 0 amide bonds. The average Bonchev–Trinajstić information content (AvgIpc) is 3.39. The highest BCUT2D eigenvalue weighted by Gasteiger charge is 2.44. The van der Waals surface area contributed by atoms with Gasteiger partial charge in [-0.2, -0.15) is 0 Å². The molecule has 3 heterocycles. The van der Waals surface area contributed by atoms with E-state index in [0.717, 1.165) is 33.8 Å². The number of nitrogens with zero attached hydrogens (tertiary/aromatic N) is 2. The first-order valence-corrected chi connectivity index (χ1v) is 15.7. The minimum Gasteiger partial charge on any atom is -0.458 e. The van der Waals surface area contributed by atoms with E-state index in [4.69, 9.17) is 4.42 Å². The fourth-order valence-electron chi connectivity index (χ4n) is 7.07. The van der Waals surface area contributed by atoms with Gasteiger partial charge in [-0.05, 0) is 82.1 Å². The van der Waals surface area contributed by atoms with Crippen molar-refractivity contribution in [1.82, 2.24) is 0 Å². The molecule has 44 heavy (non-hydrogen) atoms. The maximum absolute atomic E-state index is 6.91. The molecular formula is C41H38N2O. The van der Waals surface area contributed by atoms with E-state index in [1.54, 1.807) is 0 Å². The molecule has 0 radical (unpaired) electrons. The Hall–Kier alpha value is -4.76. The highest BCUT2D eigenvalue weighted by molar-refractivity contribution is 6.04. The zero-order valence-electron chi connectivity index (χ0n) is 26.3. The lowest BCUT2D eigenvalue weighted by Gasteiger charge is -2.43. The van der Waals surface area contributed by atoms with Crippen LogP contribution in [0.5, 0.6) is 0 Å². The summed E-state index contributed by atoms with van der Waals surface area (Å²) in [5.41, 5.74) is 13.2. The Kier molecular flexibility index (Phi) is 5.71. The molecule has 2 aliphatic heterocycles. The van der Waals surface area contributed by atoms with Crippen molar-refractivity contribution >= 4 is 45.1 Å². The summed E-state index contributed by atoms with van der Waals surface area (Å²) in [5.74, 6) is 0.969. The quantitative estimate of drug-likeness (QED) is 0.205. The SMILES string of the molecule is CC(C)(C)c1ccc(N2c3ccc(C(C)(C)C)cc3C3c4oc5ccccc5c4N(c4ccccc4)c4cccc2c43)cc1. The highest BCUT2D eigenvalue weighted by atomic mass is 16.3. The Balaban J connectivity index is 1.46. The van der Waals surface area contributed by atoms with Gasteiger partial charge in [-0.3, -0.25) is 0 Å². The maximum atomic E-state index is 6.91. The van der Waals surface area contributed by atoms with Crippen LogP contribution in [-0.2, 0) is 10.8 Å². The van der Waals surface area contributed by atoms with Crippen molar-refractivity contribution in [3.8, 4) is 0 Å². The third-order valence-electron chi connectivity index (χ3n) is 9.36. The van der Waals surface area contributed by atoms with E-state index in [1.165, 1.54) is 39.3 Å². The molecule has 8 rings (SSSR count). The third-order valence-corrected chi connectivity index (χ3v) is 9.36. The molecule has 0 saturated carbocycles. The molecule has 0 N–H and O–H groups in total. The van der Waals surface area contributed by atoms with E-state index < -0.39 is 0 Å². The molecule has 218 valence electrons. The number of hydrogen-bond acceptors (Lipinski definition) is 3. The largest absolute Gasteiger partial charge is 0.458 e. The molecule has 0 bridgehead atoms. The first-order valence-electron chi connectivity index (χ1n) is 15.7. The number of hydrogen-bond donors (Lipinski definition) is 0. The van der Waals surface area contributed by atoms with Gasteiger partial charge in [0.2, 0.25) is 0 Å². The molecule has 0 spiro atoms. The molecule has 0 fully saturated rings. The minimum atomic E-state index is -0.0361. The normalized spacial score (nSPS) is 15.6. The Morgan fingerprint density at radius 3 is 1.86 bits per heavy atom.